The molecule has 0 aromatic carbocycles. The summed E-state index contributed by atoms with van der Waals surface area (Å²) in [5.74, 6) is 1.57. The molecule has 0 spiro atoms. The van der Waals surface area contributed by atoms with Gasteiger partial charge in [0.2, 0.25) is 0 Å². The molecule has 3 aliphatic rings. The fraction of sp³-hybridized carbons (Fsp3) is 1.00. The molecule has 3 fully saturated rings. The van der Waals surface area contributed by atoms with Crippen molar-refractivity contribution in [3.8, 4) is 0 Å². The van der Waals surface area contributed by atoms with E-state index in [1.165, 1.54) is 25.7 Å². The minimum atomic E-state index is 0.0104. The molecule has 5 atom stereocenters. The molecule has 0 heterocycles. The van der Waals surface area contributed by atoms with E-state index in [1.54, 1.807) is 0 Å². The Labute approximate surface area is 80.5 Å². The van der Waals surface area contributed by atoms with Gasteiger partial charge < -0.3 is 5.11 Å². The van der Waals surface area contributed by atoms with Crippen LogP contribution in [0.1, 0.15) is 46.0 Å². The third-order valence-corrected chi connectivity index (χ3v) is 5.02. The first kappa shape index (κ1) is 8.28. The molecule has 3 aliphatic carbocycles. The van der Waals surface area contributed by atoms with Crippen LogP contribution in [-0.4, -0.2) is 11.2 Å². The summed E-state index contributed by atoms with van der Waals surface area (Å²) in [6.07, 6.45) is 6.55. The molecule has 0 aromatic heterocycles. The predicted molar refractivity (Wildman–Crippen MR) is 52.3 cm³/mol. The fourth-order valence-electron chi connectivity index (χ4n) is 5.06. The average Bonchev–Trinajstić information content (AvgIpc) is 2.12. The summed E-state index contributed by atoms with van der Waals surface area (Å²) < 4.78 is 0. The molecule has 74 valence electrons. The van der Waals surface area contributed by atoms with E-state index in [4.69, 9.17) is 0 Å². The van der Waals surface area contributed by atoms with Gasteiger partial charge in [-0.05, 0) is 54.8 Å². The highest BCUT2D eigenvalue weighted by atomic mass is 16.3. The number of hydrogen-bond donors (Lipinski definition) is 1. The maximum absolute atomic E-state index is 10.1. The van der Waals surface area contributed by atoms with Crippen LogP contribution in [0.4, 0.5) is 0 Å². The summed E-state index contributed by atoms with van der Waals surface area (Å²) in [4.78, 5) is 0. The van der Waals surface area contributed by atoms with Gasteiger partial charge in [-0.3, -0.25) is 0 Å². The van der Waals surface area contributed by atoms with Crippen LogP contribution in [0, 0.1) is 22.7 Å². The molecule has 1 heteroatoms. The second kappa shape index (κ2) is 2.13. The Balaban J connectivity index is 2.04. The van der Waals surface area contributed by atoms with E-state index in [0.717, 1.165) is 12.3 Å². The van der Waals surface area contributed by atoms with E-state index in [-0.39, 0.29) is 6.10 Å². The standard InChI is InChI=1S/C12H20O/c1-11-4-8-3-9(10(13)6-11)12(2,5-8)7-11/h8-10,13H,3-7H2,1-2H3. The van der Waals surface area contributed by atoms with Gasteiger partial charge in [0.15, 0.2) is 0 Å². The number of aliphatic hydroxyl groups is 1. The van der Waals surface area contributed by atoms with Gasteiger partial charge >= 0.3 is 0 Å². The van der Waals surface area contributed by atoms with Crippen molar-refractivity contribution in [2.24, 2.45) is 22.7 Å². The predicted octanol–water partition coefficient (Wildman–Crippen LogP) is 2.58. The zero-order valence-corrected chi connectivity index (χ0v) is 8.71. The van der Waals surface area contributed by atoms with E-state index in [0.29, 0.717) is 16.7 Å². The summed E-state index contributed by atoms with van der Waals surface area (Å²) in [5.41, 5.74) is 0.972. The van der Waals surface area contributed by atoms with Crippen LogP contribution in [0.5, 0.6) is 0 Å². The summed E-state index contributed by atoms with van der Waals surface area (Å²) >= 11 is 0. The number of aliphatic hydroxyl groups excluding tert-OH is 1. The van der Waals surface area contributed by atoms with E-state index < -0.39 is 0 Å². The largest absolute Gasteiger partial charge is 0.393 e. The number of hydrogen-bond acceptors (Lipinski definition) is 1. The van der Waals surface area contributed by atoms with Gasteiger partial charge in [-0.2, -0.15) is 0 Å². The highest BCUT2D eigenvalue weighted by molar-refractivity contribution is 5.09. The Bertz CT molecular complexity index is 246. The minimum absolute atomic E-state index is 0.0104. The minimum Gasteiger partial charge on any atom is -0.393 e. The molecule has 5 unspecified atom stereocenters. The second-order valence-electron chi connectivity index (χ2n) is 6.53. The van der Waals surface area contributed by atoms with Gasteiger partial charge in [-0.25, -0.2) is 0 Å². The van der Waals surface area contributed by atoms with Gasteiger partial charge in [-0.1, -0.05) is 13.8 Å². The molecule has 0 radical (unpaired) electrons. The van der Waals surface area contributed by atoms with Crippen molar-refractivity contribution in [1.29, 1.82) is 0 Å². The quantitative estimate of drug-likeness (QED) is 0.607. The monoisotopic (exact) mass is 180 g/mol. The maximum atomic E-state index is 10.1. The van der Waals surface area contributed by atoms with Gasteiger partial charge in [0.1, 0.15) is 0 Å². The highest BCUT2D eigenvalue weighted by Crippen LogP contribution is 2.66. The molecule has 0 amide bonds. The normalized spacial score (nSPS) is 64.4. The molecule has 13 heavy (non-hydrogen) atoms. The lowest BCUT2D eigenvalue weighted by molar-refractivity contribution is -0.0689. The number of fused-ring (bicyclic) bond motifs is 2. The van der Waals surface area contributed by atoms with E-state index >= 15 is 0 Å². The van der Waals surface area contributed by atoms with Crippen LogP contribution in [0.25, 0.3) is 0 Å². The van der Waals surface area contributed by atoms with Crippen LogP contribution in [0.15, 0.2) is 0 Å². The molecule has 1 N–H and O–H groups in total. The molecular formula is C12H20O. The molecule has 3 rings (SSSR count). The molecule has 1 nitrogen and oxygen atoms in total. The topological polar surface area (TPSA) is 20.2 Å². The van der Waals surface area contributed by atoms with Crippen LogP contribution < -0.4 is 0 Å². The Morgan fingerprint density at radius 3 is 2.69 bits per heavy atom. The molecule has 0 aliphatic heterocycles. The van der Waals surface area contributed by atoms with Crippen molar-refractivity contribution in [2.75, 3.05) is 0 Å². The molecule has 3 bridgehead atoms. The lowest BCUT2D eigenvalue weighted by Gasteiger charge is -2.51. The first-order chi connectivity index (χ1) is 6.01. The molecular weight excluding hydrogens is 160 g/mol. The maximum Gasteiger partial charge on any atom is 0.0578 e. The van der Waals surface area contributed by atoms with E-state index in [9.17, 15) is 5.11 Å². The Hall–Kier alpha value is -0.0400. The fourth-order valence-corrected chi connectivity index (χ4v) is 5.06. The van der Waals surface area contributed by atoms with E-state index in [2.05, 4.69) is 13.8 Å². The molecule has 0 saturated heterocycles. The summed E-state index contributed by atoms with van der Waals surface area (Å²) in [6, 6.07) is 0. The third-order valence-electron chi connectivity index (χ3n) is 5.02. The first-order valence-electron chi connectivity index (χ1n) is 5.69. The zero-order valence-electron chi connectivity index (χ0n) is 8.71. The summed E-state index contributed by atoms with van der Waals surface area (Å²) in [5, 5.41) is 10.1. The Morgan fingerprint density at radius 1 is 1.15 bits per heavy atom. The molecule has 3 saturated carbocycles. The van der Waals surface area contributed by atoms with Crippen molar-refractivity contribution in [3.63, 3.8) is 0 Å². The lowest BCUT2D eigenvalue weighted by Crippen LogP contribution is -2.45. The van der Waals surface area contributed by atoms with E-state index in [1.807, 2.05) is 0 Å². The lowest BCUT2D eigenvalue weighted by atomic mass is 9.55. The SMILES string of the molecule is CC12CC3CC(C(O)C1)C(C)(C3)C2. The second-order valence-corrected chi connectivity index (χ2v) is 6.53. The van der Waals surface area contributed by atoms with Crippen molar-refractivity contribution >= 4 is 0 Å². The van der Waals surface area contributed by atoms with Crippen molar-refractivity contribution in [3.05, 3.63) is 0 Å². The van der Waals surface area contributed by atoms with Crippen molar-refractivity contribution in [2.45, 2.75) is 52.1 Å². The highest BCUT2D eigenvalue weighted by Gasteiger charge is 2.59. The Morgan fingerprint density at radius 2 is 1.92 bits per heavy atom. The summed E-state index contributed by atoms with van der Waals surface area (Å²) in [6.45, 7) is 4.81. The van der Waals surface area contributed by atoms with Crippen molar-refractivity contribution in [1.82, 2.24) is 0 Å². The van der Waals surface area contributed by atoms with Gasteiger partial charge in [0, 0.05) is 0 Å². The van der Waals surface area contributed by atoms with Crippen LogP contribution in [0.3, 0.4) is 0 Å². The zero-order chi connectivity index (χ0) is 9.27. The van der Waals surface area contributed by atoms with Crippen molar-refractivity contribution < 1.29 is 5.11 Å². The van der Waals surface area contributed by atoms with Crippen LogP contribution in [0.2, 0.25) is 0 Å². The van der Waals surface area contributed by atoms with Gasteiger partial charge in [0.05, 0.1) is 6.10 Å². The summed E-state index contributed by atoms with van der Waals surface area (Å²) in [7, 11) is 0. The van der Waals surface area contributed by atoms with Gasteiger partial charge in [-0.15, -0.1) is 0 Å². The molecule has 0 aromatic rings. The number of rotatable bonds is 0. The van der Waals surface area contributed by atoms with Gasteiger partial charge in [0.25, 0.3) is 0 Å². The average molecular weight is 180 g/mol. The smallest absolute Gasteiger partial charge is 0.0578 e. The Kier molecular flexibility index (Phi) is 1.36. The van der Waals surface area contributed by atoms with Crippen LogP contribution in [-0.2, 0) is 0 Å². The first-order valence-corrected chi connectivity index (χ1v) is 5.69. The van der Waals surface area contributed by atoms with Crippen LogP contribution >= 0.6 is 0 Å². The third kappa shape index (κ3) is 0.971.